The van der Waals surface area contributed by atoms with E-state index in [1.165, 1.54) is 0 Å². The molecule has 1 amide bonds. The summed E-state index contributed by atoms with van der Waals surface area (Å²) < 4.78 is 27.3. The van der Waals surface area contributed by atoms with Gasteiger partial charge < -0.3 is 10.2 Å². The Morgan fingerprint density at radius 1 is 1.23 bits per heavy atom. The summed E-state index contributed by atoms with van der Waals surface area (Å²) in [5.74, 6) is -0.00395. The van der Waals surface area contributed by atoms with Crippen molar-refractivity contribution in [1.82, 2.24) is 14.9 Å². The van der Waals surface area contributed by atoms with Crippen LogP contribution < -0.4 is 10.0 Å². The Morgan fingerprint density at radius 2 is 1.88 bits per heavy atom. The van der Waals surface area contributed by atoms with Crippen LogP contribution in [0.5, 0.6) is 0 Å². The Morgan fingerprint density at radius 3 is 2.46 bits per heavy atom. The summed E-state index contributed by atoms with van der Waals surface area (Å²) >= 11 is 0. The molecule has 1 unspecified atom stereocenters. The first-order valence-corrected chi connectivity index (χ1v) is 10.7. The van der Waals surface area contributed by atoms with Gasteiger partial charge in [-0.3, -0.25) is 4.79 Å². The van der Waals surface area contributed by atoms with Gasteiger partial charge in [0.25, 0.3) is 0 Å². The number of carbonyl (C=O) groups is 1. The molecular formula is C19H31N3O3S. The largest absolute Gasteiger partial charge is 0.341 e. The minimum absolute atomic E-state index is 0.00395. The first kappa shape index (κ1) is 20.9. The van der Waals surface area contributed by atoms with Crippen LogP contribution in [0.3, 0.4) is 0 Å². The number of nitrogens with zero attached hydrogens (tertiary/aromatic N) is 1. The Labute approximate surface area is 157 Å². The number of hydrogen-bond donors (Lipinski definition) is 2. The lowest BCUT2D eigenvalue weighted by atomic mass is 9.87. The number of benzene rings is 1. The molecule has 0 aromatic heterocycles. The van der Waals surface area contributed by atoms with Crippen molar-refractivity contribution < 1.29 is 13.2 Å². The maximum Gasteiger partial charge on any atom is 0.240 e. The van der Waals surface area contributed by atoms with E-state index in [-0.39, 0.29) is 29.2 Å². The second-order valence-corrected chi connectivity index (χ2v) is 9.66. The van der Waals surface area contributed by atoms with Gasteiger partial charge in [0.15, 0.2) is 0 Å². The van der Waals surface area contributed by atoms with E-state index in [4.69, 9.17) is 0 Å². The van der Waals surface area contributed by atoms with Gasteiger partial charge in [-0.2, -0.15) is 0 Å². The average Bonchev–Trinajstić information content (AvgIpc) is 2.61. The number of likely N-dealkylation sites (tertiary alicyclic amines) is 1. The third-order valence-corrected chi connectivity index (χ3v) is 6.32. The van der Waals surface area contributed by atoms with E-state index in [2.05, 4.69) is 30.8 Å². The van der Waals surface area contributed by atoms with Crippen molar-refractivity contribution in [3.8, 4) is 0 Å². The highest BCUT2D eigenvalue weighted by molar-refractivity contribution is 7.89. The van der Waals surface area contributed by atoms with Crippen molar-refractivity contribution in [2.45, 2.75) is 56.4 Å². The molecule has 0 bridgehead atoms. The first-order valence-electron chi connectivity index (χ1n) is 9.19. The fourth-order valence-corrected chi connectivity index (χ4v) is 4.14. The van der Waals surface area contributed by atoms with Crippen molar-refractivity contribution in [3.05, 3.63) is 29.8 Å². The zero-order valence-corrected chi connectivity index (χ0v) is 17.0. The van der Waals surface area contributed by atoms with Crippen LogP contribution in [0.25, 0.3) is 0 Å². The molecule has 1 aromatic rings. The summed E-state index contributed by atoms with van der Waals surface area (Å²) in [5, 5.41) is 3.20. The number of sulfonamides is 1. The van der Waals surface area contributed by atoms with Gasteiger partial charge in [-0.1, -0.05) is 32.9 Å². The van der Waals surface area contributed by atoms with Crippen molar-refractivity contribution in [2.24, 2.45) is 0 Å². The van der Waals surface area contributed by atoms with Gasteiger partial charge in [-0.05, 0) is 43.0 Å². The topological polar surface area (TPSA) is 78.5 Å². The highest BCUT2D eigenvalue weighted by Crippen LogP contribution is 2.23. The number of hydrogen-bond acceptors (Lipinski definition) is 4. The lowest BCUT2D eigenvalue weighted by Crippen LogP contribution is -2.47. The average molecular weight is 382 g/mol. The lowest BCUT2D eigenvalue weighted by molar-refractivity contribution is -0.132. The quantitative estimate of drug-likeness (QED) is 0.788. The van der Waals surface area contributed by atoms with Crippen LogP contribution in [0.2, 0.25) is 0 Å². The van der Waals surface area contributed by atoms with Gasteiger partial charge in [0, 0.05) is 32.1 Å². The van der Waals surface area contributed by atoms with Gasteiger partial charge in [0.05, 0.1) is 4.90 Å². The molecule has 0 radical (unpaired) electrons. The summed E-state index contributed by atoms with van der Waals surface area (Å²) in [4.78, 5) is 14.3. The Hall–Kier alpha value is -1.44. The van der Waals surface area contributed by atoms with E-state index >= 15 is 0 Å². The smallest absolute Gasteiger partial charge is 0.240 e. The van der Waals surface area contributed by atoms with Crippen LogP contribution in [-0.4, -0.2) is 51.9 Å². The van der Waals surface area contributed by atoms with Crippen molar-refractivity contribution in [1.29, 1.82) is 0 Å². The molecule has 1 aliphatic heterocycles. The van der Waals surface area contributed by atoms with E-state index in [0.717, 1.165) is 24.9 Å². The van der Waals surface area contributed by atoms with Crippen molar-refractivity contribution in [2.75, 3.05) is 26.7 Å². The van der Waals surface area contributed by atoms with E-state index < -0.39 is 10.0 Å². The Bertz CT molecular complexity index is 709. The molecule has 1 aliphatic rings. The molecule has 1 heterocycles. The Kier molecular flexibility index (Phi) is 6.82. The molecule has 146 valence electrons. The number of nitrogens with one attached hydrogen (secondary N) is 2. The van der Waals surface area contributed by atoms with E-state index in [9.17, 15) is 13.2 Å². The first-order chi connectivity index (χ1) is 12.1. The number of amides is 1. The summed E-state index contributed by atoms with van der Waals surface area (Å²) in [7, 11) is -1.70. The molecule has 26 heavy (non-hydrogen) atoms. The summed E-state index contributed by atoms with van der Waals surface area (Å²) in [6.45, 7) is 7.80. The third-order valence-electron chi connectivity index (χ3n) is 4.84. The predicted octanol–water partition coefficient (Wildman–Crippen LogP) is 1.86. The fourth-order valence-electron chi connectivity index (χ4n) is 3.11. The van der Waals surface area contributed by atoms with Gasteiger partial charge in [0.2, 0.25) is 15.9 Å². The molecule has 1 fully saturated rings. The summed E-state index contributed by atoms with van der Waals surface area (Å²) in [6, 6.07) is 7.24. The normalized spacial score (nSPS) is 18.8. The minimum Gasteiger partial charge on any atom is -0.341 e. The number of carbonyl (C=O) groups excluding carboxylic acids is 1. The third kappa shape index (κ3) is 5.53. The zero-order chi connectivity index (χ0) is 19.4. The SMILES string of the molecule is CNC1CCCN(C(=O)CCNS(=O)(=O)c2ccc(C(C)(C)C)cc2)C1. The second-order valence-electron chi connectivity index (χ2n) is 7.89. The zero-order valence-electron chi connectivity index (χ0n) is 16.2. The highest BCUT2D eigenvalue weighted by atomic mass is 32.2. The molecule has 1 saturated heterocycles. The molecule has 1 atom stereocenters. The second kappa shape index (κ2) is 8.50. The van der Waals surface area contributed by atoms with E-state index in [0.29, 0.717) is 12.6 Å². The Balaban J connectivity index is 1.89. The van der Waals surface area contributed by atoms with Gasteiger partial charge in [-0.15, -0.1) is 0 Å². The predicted molar refractivity (Wildman–Crippen MR) is 104 cm³/mol. The summed E-state index contributed by atoms with van der Waals surface area (Å²) in [6.07, 6.45) is 2.22. The lowest BCUT2D eigenvalue weighted by Gasteiger charge is -2.32. The van der Waals surface area contributed by atoms with E-state index in [1.807, 2.05) is 24.1 Å². The van der Waals surface area contributed by atoms with Crippen LogP contribution in [-0.2, 0) is 20.2 Å². The van der Waals surface area contributed by atoms with Crippen LogP contribution in [0.1, 0.15) is 45.6 Å². The van der Waals surface area contributed by atoms with Crippen molar-refractivity contribution in [3.63, 3.8) is 0 Å². The molecule has 6 nitrogen and oxygen atoms in total. The number of rotatable bonds is 6. The fraction of sp³-hybridized carbons (Fsp3) is 0.632. The molecule has 2 N–H and O–H groups in total. The minimum atomic E-state index is -3.60. The van der Waals surface area contributed by atoms with Crippen LogP contribution >= 0.6 is 0 Å². The molecule has 0 aliphatic carbocycles. The van der Waals surface area contributed by atoms with E-state index in [1.54, 1.807) is 12.1 Å². The monoisotopic (exact) mass is 381 g/mol. The van der Waals surface area contributed by atoms with Gasteiger partial charge in [-0.25, -0.2) is 13.1 Å². The molecule has 0 saturated carbocycles. The van der Waals surface area contributed by atoms with Crippen LogP contribution in [0.4, 0.5) is 0 Å². The maximum atomic E-state index is 12.4. The number of piperidine rings is 1. The molecule has 0 spiro atoms. The molecular weight excluding hydrogens is 350 g/mol. The van der Waals surface area contributed by atoms with Crippen molar-refractivity contribution >= 4 is 15.9 Å². The molecule has 2 rings (SSSR count). The van der Waals surface area contributed by atoms with Crippen LogP contribution in [0, 0.1) is 0 Å². The van der Waals surface area contributed by atoms with Gasteiger partial charge in [0.1, 0.15) is 0 Å². The molecule has 1 aromatic carbocycles. The standard InChI is InChI=1S/C19H31N3O3S/c1-19(2,3)15-7-9-17(10-8-15)26(24,25)21-12-11-18(23)22-13-5-6-16(14-22)20-4/h7-10,16,20-21H,5-6,11-14H2,1-4H3. The molecule has 7 heteroatoms. The number of likely N-dealkylation sites (N-methyl/N-ethyl adjacent to an activating group) is 1. The highest BCUT2D eigenvalue weighted by Gasteiger charge is 2.23. The maximum absolute atomic E-state index is 12.4. The van der Waals surface area contributed by atoms with Gasteiger partial charge >= 0.3 is 0 Å². The van der Waals surface area contributed by atoms with Crippen LogP contribution in [0.15, 0.2) is 29.2 Å². The summed E-state index contributed by atoms with van der Waals surface area (Å²) in [5.41, 5.74) is 1.05.